The maximum atomic E-state index is 12.9. The number of phenolic OH excluding ortho intramolecular Hbond substituents is 1. The monoisotopic (exact) mass is 564 g/mol. The highest BCUT2D eigenvalue weighted by atomic mass is 79.9. The van der Waals surface area contributed by atoms with E-state index in [-0.39, 0.29) is 35.7 Å². The van der Waals surface area contributed by atoms with Gasteiger partial charge < -0.3 is 25.5 Å². The fourth-order valence-corrected chi connectivity index (χ4v) is 4.99. The number of carbonyl (C=O) groups excluding carboxylic acids is 2. The SMILES string of the molecule is CN1CCCN(c2ccc(C(=O)Nc3c(O)cccc3NC(=O)c3ccc(Br)s3)cc2)CC1.Cl. The van der Waals surface area contributed by atoms with Crippen LogP contribution in [0.15, 0.2) is 58.4 Å². The normalized spacial score (nSPS) is 14.1. The molecule has 2 heterocycles. The standard InChI is InChI=1S/C24H25BrN4O3S.ClH/c1-28-12-3-13-29(15-14-28)17-8-6-16(7-9-17)23(31)27-22-18(4-2-5-19(22)30)26-24(32)20-10-11-21(25)33-20;/h2,4-11,30H,3,12-15H2,1H3,(H,26,32)(H,27,31);1H. The zero-order valence-electron chi connectivity index (χ0n) is 18.6. The molecule has 4 rings (SSSR count). The van der Waals surface area contributed by atoms with Gasteiger partial charge in [0.15, 0.2) is 0 Å². The summed E-state index contributed by atoms with van der Waals surface area (Å²) in [5.41, 5.74) is 2.03. The van der Waals surface area contributed by atoms with Gasteiger partial charge in [0.05, 0.1) is 14.4 Å². The minimum atomic E-state index is -0.368. The van der Waals surface area contributed by atoms with Crippen molar-refractivity contribution in [1.29, 1.82) is 0 Å². The van der Waals surface area contributed by atoms with Crippen LogP contribution < -0.4 is 15.5 Å². The number of rotatable bonds is 5. The first-order chi connectivity index (χ1) is 15.9. The number of benzene rings is 2. The molecule has 7 nitrogen and oxygen atoms in total. The number of amides is 2. The Bertz CT molecular complexity index is 1160. The van der Waals surface area contributed by atoms with E-state index in [4.69, 9.17) is 0 Å². The lowest BCUT2D eigenvalue weighted by molar-refractivity contribution is 0.101. The van der Waals surface area contributed by atoms with Crippen LogP contribution >= 0.6 is 39.7 Å². The van der Waals surface area contributed by atoms with E-state index in [1.807, 2.05) is 12.1 Å². The summed E-state index contributed by atoms with van der Waals surface area (Å²) in [7, 11) is 2.13. The van der Waals surface area contributed by atoms with Crippen molar-refractivity contribution in [2.45, 2.75) is 6.42 Å². The summed E-state index contributed by atoms with van der Waals surface area (Å²) in [6.07, 6.45) is 1.10. The van der Waals surface area contributed by atoms with Crippen molar-refractivity contribution >= 4 is 68.6 Å². The Balaban J connectivity index is 0.00000324. The number of phenols is 1. The molecule has 0 unspecified atom stereocenters. The van der Waals surface area contributed by atoms with Gasteiger partial charge >= 0.3 is 0 Å². The Labute approximate surface area is 217 Å². The number of thiophene rings is 1. The van der Waals surface area contributed by atoms with E-state index >= 15 is 0 Å². The Morgan fingerprint density at radius 1 is 0.941 bits per heavy atom. The number of likely N-dealkylation sites (N-methyl/N-ethyl adjacent to an activating group) is 1. The highest BCUT2D eigenvalue weighted by molar-refractivity contribution is 9.11. The molecular weight excluding hydrogens is 540 g/mol. The summed E-state index contributed by atoms with van der Waals surface area (Å²) in [6, 6.07) is 15.7. The molecule has 34 heavy (non-hydrogen) atoms. The van der Waals surface area contributed by atoms with Crippen LogP contribution in [-0.2, 0) is 0 Å². The van der Waals surface area contributed by atoms with Crippen molar-refractivity contribution in [2.24, 2.45) is 0 Å². The second kappa shape index (κ2) is 11.7. The predicted molar refractivity (Wildman–Crippen MR) is 144 cm³/mol. The molecule has 2 amide bonds. The predicted octanol–water partition coefficient (Wildman–Crippen LogP) is 5.28. The van der Waals surface area contributed by atoms with E-state index in [0.717, 1.165) is 42.1 Å². The molecule has 3 N–H and O–H groups in total. The molecule has 0 atom stereocenters. The Morgan fingerprint density at radius 2 is 1.71 bits per heavy atom. The number of anilines is 3. The largest absolute Gasteiger partial charge is 0.506 e. The molecule has 1 fully saturated rings. The quantitative estimate of drug-likeness (QED) is 0.366. The third-order valence-corrected chi connectivity index (χ3v) is 7.16. The van der Waals surface area contributed by atoms with Crippen LogP contribution in [0.3, 0.4) is 0 Å². The van der Waals surface area contributed by atoms with Crippen LogP contribution in [-0.4, -0.2) is 55.0 Å². The van der Waals surface area contributed by atoms with E-state index in [0.29, 0.717) is 16.1 Å². The highest BCUT2D eigenvalue weighted by Gasteiger charge is 2.17. The molecular formula is C24H26BrClN4O3S. The van der Waals surface area contributed by atoms with E-state index in [9.17, 15) is 14.7 Å². The molecule has 0 radical (unpaired) electrons. The fraction of sp³-hybridized carbons (Fsp3) is 0.250. The molecule has 2 aromatic carbocycles. The van der Waals surface area contributed by atoms with Crippen LogP contribution in [0.25, 0.3) is 0 Å². The van der Waals surface area contributed by atoms with Gasteiger partial charge in [0.2, 0.25) is 0 Å². The van der Waals surface area contributed by atoms with Gasteiger partial charge in [-0.3, -0.25) is 9.59 Å². The molecule has 10 heteroatoms. The van der Waals surface area contributed by atoms with Crippen molar-refractivity contribution in [1.82, 2.24) is 4.90 Å². The number of hydrogen-bond donors (Lipinski definition) is 3. The number of halogens is 2. The molecule has 1 aromatic heterocycles. The fourth-order valence-electron chi connectivity index (χ4n) is 3.71. The minimum absolute atomic E-state index is 0. The third kappa shape index (κ3) is 6.29. The summed E-state index contributed by atoms with van der Waals surface area (Å²) in [5, 5.41) is 15.9. The Morgan fingerprint density at radius 3 is 2.41 bits per heavy atom. The summed E-state index contributed by atoms with van der Waals surface area (Å²) in [5.74, 6) is -0.814. The highest BCUT2D eigenvalue weighted by Crippen LogP contribution is 2.33. The number of aromatic hydroxyl groups is 1. The summed E-state index contributed by atoms with van der Waals surface area (Å²) in [6.45, 7) is 4.02. The molecule has 3 aromatic rings. The van der Waals surface area contributed by atoms with Crippen LogP contribution in [0.5, 0.6) is 5.75 Å². The Hall–Kier alpha value is -2.59. The lowest BCUT2D eigenvalue weighted by Gasteiger charge is -2.23. The van der Waals surface area contributed by atoms with Gasteiger partial charge in [-0.2, -0.15) is 0 Å². The molecule has 0 saturated carbocycles. The van der Waals surface area contributed by atoms with Crippen molar-refractivity contribution in [3.8, 4) is 5.75 Å². The van der Waals surface area contributed by atoms with E-state index < -0.39 is 0 Å². The molecule has 1 saturated heterocycles. The van der Waals surface area contributed by atoms with Gasteiger partial charge in [0.25, 0.3) is 11.8 Å². The number of nitrogens with one attached hydrogen (secondary N) is 2. The van der Waals surface area contributed by atoms with E-state index in [1.165, 1.54) is 17.4 Å². The molecule has 180 valence electrons. The summed E-state index contributed by atoms with van der Waals surface area (Å²) >= 11 is 4.64. The average molecular weight is 566 g/mol. The zero-order valence-corrected chi connectivity index (χ0v) is 21.8. The van der Waals surface area contributed by atoms with Crippen molar-refractivity contribution in [2.75, 3.05) is 48.8 Å². The lowest BCUT2D eigenvalue weighted by Crippen LogP contribution is -2.28. The van der Waals surface area contributed by atoms with Gasteiger partial charge in [0, 0.05) is 30.9 Å². The van der Waals surface area contributed by atoms with Gasteiger partial charge in [-0.25, -0.2) is 0 Å². The molecule has 0 spiro atoms. The first-order valence-corrected chi connectivity index (χ1v) is 12.3. The molecule has 1 aliphatic rings. The maximum absolute atomic E-state index is 12.9. The van der Waals surface area contributed by atoms with E-state index in [1.54, 1.807) is 36.4 Å². The van der Waals surface area contributed by atoms with E-state index in [2.05, 4.69) is 43.4 Å². The average Bonchev–Trinajstić information content (AvgIpc) is 3.13. The van der Waals surface area contributed by atoms with Crippen LogP contribution in [0.2, 0.25) is 0 Å². The lowest BCUT2D eigenvalue weighted by atomic mass is 10.1. The van der Waals surface area contributed by atoms with Gasteiger partial charge in [0.1, 0.15) is 11.4 Å². The minimum Gasteiger partial charge on any atom is -0.506 e. The molecule has 0 aliphatic carbocycles. The second-order valence-electron chi connectivity index (χ2n) is 7.90. The molecule has 0 bridgehead atoms. The number of nitrogens with zero attached hydrogens (tertiary/aromatic N) is 2. The van der Waals surface area contributed by atoms with Crippen molar-refractivity contribution in [3.63, 3.8) is 0 Å². The van der Waals surface area contributed by atoms with Crippen LogP contribution in [0.4, 0.5) is 17.1 Å². The van der Waals surface area contributed by atoms with Gasteiger partial charge in [-0.15, -0.1) is 23.7 Å². The topological polar surface area (TPSA) is 84.9 Å². The smallest absolute Gasteiger partial charge is 0.265 e. The number of hydrogen-bond acceptors (Lipinski definition) is 6. The zero-order chi connectivity index (χ0) is 23.4. The second-order valence-corrected chi connectivity index (χ2v) is 10.4. The van der Waals surface area contributed by atoms with Gasteiger partial charge in [-0.05, 0) is 84.5 Å². The third-order valence-electron chi connectivity index (χ3n) is 5.54. The Kier molecular flexibility index (Phi) is 8.96. The van der Waals surface area contributed by atoms with Crippen molar-refractivity contribution < 1.29 is 14.7 Å². The van der Waals surface area contributed by atoms with Crippen LogP contribution in [0, 0.1) is 0 Å². The first kappa shape index (κ1) is 26.0. The summed E-state index contributed by atoms with van der Waals surface area (Å²) < 4.78 is 0.840. The van der Waals surface area contributed by atoms with Crippen LogP contribution in [0.1, 0.15) is 26.5 Å². The number of para-hydroxylation sites is 1. The summed E-state index contributed by atoms with van der Waals surface area (Å²) in [4.78, 5) is 30.6. The maximum Gasteiger partial charge on any atom is 0.265 e. The first-order valence-electron chi connectivity index (χ1n) is 10.6. The number of carbonyl (C=O) groups is 2. The van der Waals surface area contributed by atoms with Gasteiger partial charge in [-0.1, -0.05) is 6.07 Å². The van der Waals surface area contributed by atoms with Crippen molar-refractivity contribution in [3.05, 3.63) is 68.8 Å². The molecule has 1 aliphatic heterocycles.